The smallest absolute Gasteiger partial charge is 0.306 e. The lowest BCUT2D eigenvalue weighted by atomic mass is 10.1. The Kier molecular flexibility index (Phi) is 12.0. The Morgan fingerprint density at radius 1 is 1.30 bits per heavy atom. The quantitative estimate of drug-likeness (QED) is 0.359. The normalized spacial score (nSPS) is 12.0. The number of unbranched alkanes of at least 4 members (excludes halogenated alkanes) is 1. The maximum atomic E-state index is 11.9. The number of hydrogen-bond donors (Lipinski definition) is 1. The van der Waals surface area contributed by atoms with Gasteiger partial charge in [0, 0.05) is 32.5 Å². The fourth-order valence-corrected chi connectivity index (χ4v) is 2.19. The van der Waals surface area contributed by atoms with Gasteiger partial charge in [-0.1, -0.05) is 25.5 Å². The van der Waals surface area contributed by atoms with Crippen LogP contribution in [0.5, 0.6) is 0 Å². The van der Waals surface area contributed by atoms with Crippen molar-refractivity contribution in [1.82, 2.24) is 20.3 Å². The van der Waals surface area contributed by atoms with Crippen LogP contribution < -0.4 is 5.32 Å². The minimum absolute atomic E-state index is 0.1000. The second-order valence-corrected chi connectivity index (χ2v) is 6.32. The van der Waals surface area contributed by atoms with E-state index in [4.69, 9.17) is 14.2 Å². The van der Waals surface area contributed by atoms with Gasteiger partial charge in [0.15, 0.2) is 0 Å². The van der Waals surface area contributed by atoms with Crippen LogP contribution in [0.25, 0.3) is 0 Å². The number of nitrogens with one attached hydrogen (secondary N) is 1. The Morgan fingerprint density at radius 2 is 2.11 bits per heavy atom. The summed E-state index contributed by atoms with van der Waals surface area (Å²) in [5.41, 5.74) is 0.624. The molecular weight excluding hydrogens is 352 g/mol. The molecule has 0 aliphatic carbocycles. The standard InChI is InChI=1S/C18H32N4O5/c1-4-5-9-22-13-16(20-21-22)14-27-17(23)7-6-15(2)18(24)19-8-10-26-12-11-25-3/h13,15H,4-12,14H2,1-3H3,(H,19,24). The summed E-state index contributed by atoms with van der Waals surface area (Å²) >= 11 is 0. The number of aromatic nitrogens is 3. The SMILES string of the molecule is CCCCn1cc(COC(=O)CCC(C)C(=O)NCCOCCOC)nn1. The van der Waals surface area contributed by atoms with Gasteiger partial charge in [-0.05, 0) is 12.8 Å². The predicted molar refractivity (Wildman–Crippen MR) is 98.8 cm³/mol. The lowest BCUT2D eigenvalue weighted by molar-refractivity contribution is -0.145. The van der Waals surface area contributed by atoms with E-state index >= 15 is 0 Å². The number of rotatable bonds is 15. The van der Waals surface area contributed by atoms with Crippen LogP contribution >= 0.6 is 0 Å². The number of nitrogens with zero attached hydrogens (tertiary/aromatic N) is 3. The fraction of sp³-hybridized carbons (Fsp3) is 0.778. The molecule has 1 rings (SSSR count). The average molecular weight is 384 g/mol. The topological polar surface area (TPSA) is 105 Å². The maximum absolute atomic E-state index is 11.9. The van der Waals surface area contributed by atoms with Crippen LogP contribution in [0, 0.1) is 5.92 Å². The molecule has 1 heterocycles. The van der Waals surface area contributed by atoms with E-state index in [1.807, 2.05) is 0 Å². The van der Waals surface area contributed by atoms with E-state index in [1.54, 1.807) is 24.9 Å². The third kappa shape index (κ3) is 10.7. The molecule has 1 atom stereocenters. The first-order chi connectivity index (χ1) is 13.1. The van der Waals surface area contributed by atoms with Crippen LogP contribution in [0.4, 0.5) is 0 Å². The van der Waals surface area contributed by atoms with E-state index < -0.39 is 0 Å². The fourth-order valence-electron chi connectivity index (χ4n) is 2.19. The summed E-state index contributed by atoms with van der Waals surface area (Å²) in [5, 5.41) is 10.7. The molecule has 154 valence electrons. The second-order valence-electron chi connectivity index (χ2n) is 6.32. The molecule has 1 unspecified atom stereocenters. The number of carbonyl (C=O) groups excluding carboxylic acids is 2. The summed E-state index contributed by atoms with van der Waals surface area (Å²) in [5.74, 6) is -0.718. The largest absolute Gasteiger partial charge is 0.459 e. The minimum Gasteiger partial charge on any atom is -0.459 e. The average Bonchev–Trinajstić information content (AvgIpc) is 3.13. The van der Waals surface area contributed by atoms with E-state index in [2.05, 4.69) is 22.6 Å². The first-order valence-corrected chi connectivity index (χ1v) is 9.45. The van der Waals surface area contributed by atoms with Crippen molar-refractivity contribution < 1.29 is 23.8 Å². The zero-order chi connectivity index (χ0) is 19.9. The lowest BCUT2D eigenvalue weighted by Gasteiger charge is -2.12. The van der Waals surface area contributed by atoms with Crippen molar-refractivity contribution in [3.8, 4) is 0 Å². The Bertz CT molecular complexity index is 550. The summed E-state index contributed by atoms with van der Waals surface area (Å²) in [6.07, 6.45) is 4.51. The highest BCUT2D eigenvalue weighted by Crippen LogP contribution is 2.08. The zero-order valence-corrected chi connectivity index (χ0v) is 16.6. The molecule has 0 saturated heterocycles. The number of esters is 1. The Balaban J connectivity index is 2.13. The number of ether oxygens (including phenoxy) is 3. The van der Waals surface area contributed by atoms with E-state index in [-0.39, 0.29) is 30.8 Å². The van der Waals surface area contributed by atoms with E-state index in [0.29, 0.717) is 38.5 Å². The molecular formula is C18H32N4O5. The molecule has 1 amide bonds. The second kappa shape index (κ2) is 14.1. The van der Waals surface area contributed by atoms with Gasteiger partial charge in [-0.3, -0.25) is 14.3 Å². The highest BCUT2D eigenvalue weighted by molar-refractivity contribution is 5.79. The third-order valence-corrected chi connectivity index (χ3v) is 3.91. The molecule has 9 heteroatoms. The van der Waals surface area contributed by atoms with Crippen LogP contribution in [0.3, 0.4) is 0 Å². The number of amides is 1. The number of hydrogen-bond acceptors (Lipinski definition) is 7. The molecule has 1 aromatic heterocycles. The van der Waals surface area contributed by atoms with Crippen LogP contribution in [0.2, 0.25) is 0 Å². The Labute approximate surface area is 160 Å². The summed E-state index contributed by atoms with van der Waals surface area (Å²) in [6.45, 7) is 6.70. The van der Waals surface area contributed by atoms with Crippen molar-refractivity contribution in [2.75, 3.05) is 33.5 Å². The Morgan fingerprint density at radius 3 is 2.85 bits per heavy atom. The van der Waals surface area contributed by atoms with Gasteiger partial charge >= 0.3 is 5.97 Å². The van der Waals surface area contributed by atoms with E-state index in [1.165, 1.54) is 0 Å². The molecule has 0 spiro atoms. The van der Waals surface area contributed by atoms with Gasteiger partial charge in [-0.15, -0.1) is 5.10 Å². The number of methoxy groups -OCH3 is 1. The molecule has 0 radical (unpaired) electrons. The van der Waals surface area contributed by atoms with Crippen molar-refractivity contribution in [1.29, 1.82) is 0 Å². The van der Waals surface area contributed by atoms with Gasteiger partial charge in [-0.2, -0.15) is 0 Å². The van der Waals surface area contributed by atoms with Crippen molar-refractivity contribution in [2.24, 2.45) is 5.92 Å². The van der Waals surface area contributed by atoms with Crippen LogP contribution in [0.1, 0.15) is 45.2 Å². The molecule has 27 heavy (non-hydrogen) atoms. The van der Waals surface area contributed by atoms with Crippen molar-refractivity contribution in [3.63, 3.8) is 0 Å². The van der Waals surface area contributed by atoms with Gasteiger partial charge in [0.1, 0.15) is 12.3 Å². The van der Waals surface area contributed by atoms with Gasteiger partial charge in [0.2, 0.25) is 5.91 Å². The first-order valence-electron chi connectivity index (χ1n) is 9.45. The number of aryl methyl sites for hydroxylation is 1. The zero-order valence-electron chi connectivity index (χ0n) is 16.6. The van der Waals surface area contributed by atoms with E-state index in [9.17, 15) is 9.59 Å². The highest BCUT2D eigenvalue weighted by atomic mass is 16.5. The monoisotopic (exact) mass is 384 g/mol. The predicted octanol–water partition coefficient (Wildman–Crippen LogP) is 1.32. The van der Waals surface area contributed by atoms with Crippen LogP contribution in [0.15, 0.2) is 6.20 Å². The first kappa shape index (κ1) is 23.0. The number of carbonyl (C=O) groups is 2. The van der Waals surface area contributed by atoms with E-state index in [0.717, 1.165) is 19.4 Å². The summed E-state index contributed by atoms with van der Waals surface area (Å²) in [6, 6.07) is 0. The summed E-state index contributed by atoms with van der Waals surface area (Å²) < 4.78 is 17.1. The van der Waals surface area contributed by atoms with Gasteiger partial charge in [-0.25, -0.2) is 0 Å². The molecule has 9 nitrogen and oxygen atoms in total. The molecule has 1 N–H and O–H groups in total. The molecule has 0 aromatic carbocycles. The Hall–Kier alpha value is -2.00. The molecule has 0 aliphatic heterocycles. The molecule has 0 fully saturated rings. The molecule has 0 aliphatic rings. The molecule has 1 aromatic rings. The van der Waals surface area contributed by atoms with Crippen LogP contribution in [-0.4, -0.2) is 60.3 Å². The van der Waals surface area contributed by atoms with Gasteiger partial charge in [0.05, 0.1) is 26.0 Å². The molecule has 0 saturated carbocycles. The van der Waals surface area contributed by atoms with Crippen LogP contribution in [-0.2, 0) is 37.0 Å². The minimum atomic E-state index is -0.347. The van der Waals surface area contributed by atoms with Crippen molar-refractivity contribution in [2.45, 2.75) is 52.7 Å². The summed E-state index contributed by atoms with van der Waals surface area (Å²) in [4.78, 5) is 23.8. The highest BCUT2D eigenvalue weighted by Gasteiger charge is 2.15. The van der Waals surface area contributed by atoms with Gasteiger partial charge < -0.3 is 19.5 Å². The summed E-state index contributed by atoms with van der Waals surface area (Å²) in [7, 11) is 1.61. The molecule has 0 bridgehead atoms. The van der Waals surface area contributed by atoms with Crippen molar-refractivity contribution in [3.05, 3.63) is 11.9 Å². The maximum Gasteiger partial charge on any atom is 0.306 e. The third-order valence-electron chi connectivity index (χ3n) is 3.91. The van der Waals surface area contributed by atoms with Crippen molar-refractivity contribution >= 4 is 11.9 Å². The lowest BCUT2D eigenvalue weighted by Crippen LogP contribution is -2.32. The van der Waals surface area contributed by atoms with Gasteiger partial charge in [0.25, 0.3) is 0 Å².